The van der Waals surface area contributed by atoms with Crippen LogP contribution in [-0.4, -0.2) is 37.3 Å². The standard InChI is InChI=1S/C13H25F3N2/c14-13(15,16)12-7-6-10-18(11-12)9-5-3-1-2-4-8-17/h12H,1-11,17H2. The molecule has 1 heterocycles. The van der Waals surface area contributed by atoms with Crippen LogP contribution in [-0.2, 0) is 0 Å². The van der Waals surface area contributed by atoms with Crippen LogP contribution in [0.5, 0.6) is 0 Å². The Morgan fingerprint density at radius 1 is 1.06 bits per heavy atom. The first-order chi connectivity index (χ1) is 8.54. The predicted molar refractivity (Wildman–Crippen MR) is 67.4 cm³/mol. The molecule has 1 saturated heterocycles. The largest absolute Gasteiger partial charge is 0.393 e. The van der Waals surface area contributed by atoms with Crippen LogP contribution >= 0.6 is 0 Å². The first-order valence-corrected chi connectivity index (χ1v) is 7.03. The minimum absolute atomic E-state index is 0.201. The van der Waals surface area contributed by atoms with Crippen molar-refractivity contribution in [1.29, 1.82) is 0 Å². The number of rotatable bonds is 7. The Morgan fingerprint density at radius 3 is 2.39 bits per heavy atom. The van der Waals surface area contributed by atoms with Gasteiger partial charge in [0.1, 0.15) is 0 Å². The molecule has 1 atom stereocenters. The zero-order chi connectivity index (χ0) is 13.4. The zero-order valence-corrected chi connectivity index (χ0v) is 11.0. The topological polar surface area (TPSA) is 29.3 Å². The van der Waals surface area contributed by atoms with E-state index in [1.807, 2.05) is 4.90 Å². The van der Waals surface area contributed by atoms with Gasteiger partial charge < -0.3 is 10.6 Å². The molecule has 0 aromatic heterocycles. The minimum atomic E-state index is -4.01. The van der Waals surface area contributed by atoms with Gasteiger partial charge in [-0.3, -0.25) is 0 Å². The highest BCUT2D eigenvalue weighted by molar-refractivity contribution is 4.77. The Hall–Kier alpha value is -0.290. The normalized spacial score (nSPS) is 22.3. The van der Waals surface area contributed by atoms with Gasteiger partial charge in [0.2, 0.25) is 0 Å². The summed E-state index contributed by atoms with van der Waals surface area (Å²) in [6.45, 7) is 2.58. The Morgan fingerprint density at radius 2 is 1.72 bits per heavy atom. The molecule has 2 N–H and O–H groups in total. The molecule has 0 bridgehead atoms. The van der Waals surface area contributed by atoms with Crippen molar-refractivity contribution in [2.24, 2.45) is 11.7 Å². The van der Waals surface area contributed by atoms with Gasteiger partial charge in [0, 0.05) is 6.54 Å². The second-order valence-corrected chi connectivity index (χ2v) is 5.24. The van der Waals surface area contributed by atoms with Crippen molar-refractivity contribution in [3.8, 4) is 0 Å². The van der Waals surface area contributed by atoms with E-state index in [-0.39, 0.29) is 6.54 Å². The number of piperidine rings is 1. The maximum absolute atomic E-state index is 12.6. The van der Waals surface area contributed by atoms with E-state index in [1.54, 1.807) is 0 Å². The molecule has 108 valence electrons. The number of unbranched alkanes of at least 4 members (excludes halogenated alkanes) is 4. The van der Waals surface area contributed by atoms with E-state index in [4.69, 9.17) is 5.73 Å². The lowest BCUT2D eigenvalue weighted by Crippen LogP contribution is -2.42. The first-order valence-electron chi connectivity index (χ1n) is 7.03. The fourth-order valence-electron chi connectivity index (χ4n) is 2.54. The van der Waals surface area contributed by atoms with E-state index < -0.39 is 12.1 Å². The molecule has 1 fully saturated rings. The van der Waals surface area contributed by atoms with E-state index in [1.165, 1.54) is 0 Å². The van der Waals surface area contributed by atoms with E-state index in [0.29, 0.717) is 12.8 Å². The maximum Gasteiger partial charge on any atom is 0.393 e. The van der Waals surface area contributed by atoms with Gasteiger partial charge in [-0.15, -0.1) is 0 Å². The van der Waals surface area contributed by atoms with Crippen molar-refractivity contribution in [2.45, 2.75) is 51.1 Å². The average Bonchev–Trinajstić information content (AvgIpc) is 2.33. The minimum Gasteiger partial charge on any atom is -0.330 e. The molecule has 18 heavy (non-hydrogen) atoms. The highest BCUT2D eigenvalue weighted by Gasteiger charge is 2.41. The Bertz CT molecular complexity index is 219. The van der Waals surface area contributed by atoms with Crippen LogP contribution in [0.15, 0.2) is 0 Å². The number of likely N-dealkylation sites (tertiary alicyclic amines) is 1. The van der Waals surface area contributed by atoms with E-state index >= 15 is 0 Å². The summed E-state index contributed by atoms with van der Waals surface area (Å²) in [6.07, 6.45) is 2.42. The highest BCUT2D eigenvalue weighted by atomic mass is 19.4. The lowest BCUT2D eigenvalue weighted by atomic mass is 9.97. The molecular weight excluding hydrogens is 241 g/mol. The molecule has 0 aromatic rings. The fourth-order valence-corrected chi connectivity index (χ4v) is 2.54. The Labute approximate surface area is 108 Å². The summed E-state index contributed by atoms with van der Waals surface area (Å²) >= 11 is 0. The molecule has 5 heteroatoms. The molecule has 0 spiro atoms. The van der Waals surface area contributed by atoms with Gasteiger partial charge in [0.25, 0.3) is 0 Å². The van der Waals surface area contributed by atoms with Crippen LogP contribution in [0.1, 0.15) is 44.9 Å². The fraction of sp³-hybridized carbons (Fsp3) is 1.00. The van der Waals surface area contributed by atoms with E-state index in [9.17, 15) is 13.2 Å². The van der Waals surface area contributed by atoms with E-state index in [0.717, 1.165) is 51.7 Å². The molecule has 1 rings (SSSR count). The van der Waals surface area contributed by atoms with Gasteiger partial charge in [-0.1, -0.05) is 19.3 Å². The van der Waals surface area contributed by atoms with Crippen molar-refractivity contribution in [3.63, 3.8) is 0 Å². The van der Waals surface area contributed by atoms with Crippen LogP contribution in [0.2, 0.25) is 0 Å². The summed E-state index contributed by atoms with van der Waals surface area (Å²) in [5, 5.41) is 0. The van der Waals surface area contributed by atoms with Gasteiger partial charge in [-0.2, -0.15) is 13.2 Å². The molecule has 1 aliphatic rings. The third-order valence-corrected chi connectivity index (χ3v) is 3.65. The highest BCUT2D eigenvalue weighted by Crippen LogP contribution is 2.33. The number of hydrogen-bond acceptors (Lipinski definition) is 2. The number of hydrogen-bond donors (Lipinski definition) is 1. The van der Waals surface area contributed by atoms with Crippen LogP contribution in [0.3, 0.4) is 0 Å². The molecule has 0 aromatic carbocycles. The molecule has 1 aliphatic heterocycles. The zero-order valence-electron chi connectivity index (χ0n) is 11.0. The third-order valence-electron chi connectivity index (χ3n) is 3.65. The molecule has 0 amide bonds. The van der Waals surface area contributed by atoms with Crippen LogP contribution in [0.25, 0.3) is 0 Å². The Kier molecular flexibility index (Phi) is 7.00. The number of halogens is 3. The van der Waals surface area contributed by atoms with Gasteiger partial charge in [0.05, 0.1) is 5.92 Å². The molecule has 1 unspecified atom stereocenters. The summed E-state index contributed by atoms with van der Waals surface area (Å²) in [5.74, 6) is -1.11. The van der Waals surface area contributed by atoms with Crippen molar-refractivity contribution < 1.29 is 13.2 Å². The van der Waals surface area contributed by atoms with Crippen LogP contribution in [0.4, 0.5) is 13.2 Å². The SMILES string of the molecule is NCCCCCCCN1CCCC(C(F)(F)F)C1. The number of nitrogens with zero attached hydrogens (tertiary/aromatic N) is 1. The van der Waals surface area contributed by atoms with Crippen molar-refractivity contribution in [3.05, 3.63) is 0 Å². The Balaban J connectivity index is 2.11. The molecule has 2 nitrogen and oxygen atoms in total. The number of alkyl halides is 3. The summed E-state index contributed by atoms with van der Waals surface area (Å²) < 4.78 is 37.8. The first kappa shape index (κ1) is 15.8. The van der Waals surface area contributed by atoms with Gasteiger partial charge in [-0.25, -0.2) is 0 Å². The third kappa shape index (κ3) is 6.05. The second kappa shape index (κ2) is 8.00. The van der Waals surface area contributed by atoms with Gasteiger partial charge in [-0.05, 0) is 45.3 Å². The quantitative estimate of drug-likeness (QED) is 0.717. The smallest absolute Gasteiger partial charge is 0.330 e. The van der Waals surface area contributed by atoms with Crippen LogP contribution in [0, 0.1) is 5.92 Å². The molecule has 0 radical (unpaired) electrons. The summed E-state index contributed by atoms with van der Waals surface area (Å²) in [5.41, 5.74) is 5.40. The molecule has 0 aliphatic carbocycles. The number of nitrogens with two attached hydrogens (primary N) is 1. The summed E-state index contributed by atoms with van der Waals surface area (Å²) in [7, 11) is 0. The molecular formula is C13H25F3N2. The van der Waals surface area contributed by atoms with E-state index in [2.05, 4.69) is 0 Å². The van der Waals surface area contributed by atoms with Gasteiger partial charge in [0.15, 0.2) is 0 Å². The molecule has 0 saturated carbocycles. The second-order valence-electron chi connectivity index (χ2n) is 5.24. The summed E-state index contributed by atoms with van der Waals surface area (Å²) in [4.78, 5) is 1.98. The maximum atomic E-state index is 12.6. The lowest BCUT2D eigenvalue weighted by molar-refractivity contribution is -0.186. The van der Waals surface area contributed by atoms with Crippen molar-refractivity contribution >= 4 is 0 Å². The van der Waals surface area contributed by atoms with Crippen molar-refractivity contribution in [2.75, 3.05) is 26.2 Å². The monoisotopic (exact) mass is 266 g/mol. The summed E-state index contributed by atoms with van der Waals surface area (Å²) in [6, 6.07) is 0. The lowest BCUT2D eigenvalue weighted by Gasteiger charge is -2.33. The van der Waals surface area contributed by atoms with Crippen LogP contribution < -0.4 is 5.73 Å². The predicted octanol–water partition coefficient (Wildman–Crippen LogP) is 3.17. The average molecular weight is 266 g/mol. The van der Waals surface area contributed by atoms with Gasteiger partial charge >= 0.3 is 6.18 Å². The van der Waals surface area contributed by atoms with Crippen molar-refractivity contribution in [1.82, 2.24) is 4.90 Å².